The fourth-order valence-corrected chi connectivity index (χ4v) is 3.33. The maximum absolute atomic E-state index is 11.7. The van der Waals surface area contributed by atoms with E-state index in [0.717, 1.165) is 6.42 Å². The molecule has 0 unspecified atom stereocenters. The van der Waals surface area contributed by atoms with Crippen molar-refractivity contribution in [3.8, 4) is 0 Å². The Balaban J connectivity index is 1.71. The van der Waals surface area contributed by atoms with Gasteiger partial charge >= 0.3 is 5.97 Å². The Morgan fingerprint density at radius 1 is 0.680 bits per heavy atom. The quantitative estimate of drug-likeness (QED) is 0.206. The Morgan fingerprint density at radius 3 is 1.52 bits per heavy atom. The average molecular weight is 349 g/mol. The summed E-state index contributed by atoms with van der Waals surface area (Å²) in [6, 6.07) is 0. The van der Waals surface area contributed by atoms with Gasteiger partial charge in [-0.2, -0.15) is 0 Å². The SMILES string of the molecule is CCCCCCCCCCCCCCCCCOC(=O)C1C=CC=C1. The summed E-state index contributed by atoms with van der Waals surface area (Å²) in [5, 5.41) is 0. The van der Waals surface area contributed by atoms with E-state index >= 15 is 0 Å². The zero-order valence-corrected chi connectivity index (χ0v) is 16.5. The highest BCUT2D eigenvalue weighted by Gasteiger charge is 2.14. The Bertz CT molecular complexity index is 358. The lowest BCUT2D eigenvalue weighted by Gasteiger charge is -2.07. The van der Waals surface area contributed by atoms with Crippen LogP contribution in [0.5, 0.6) is 0 Å². The molecule has 1 aliphatic rings. The van der Waals surface area contributed by atoms with Gasteiger partial charge in [0.2, 0.25) is 0 Å². The largest absolute Gasteiger partial charge is 0.465 e. The fraction of sp³-hybridized carbons (Fsp3) is 0.783. The van der Waals surface area contributed by atoms with Crippen molar-refractivity contribution in [3.05, 3.63) is 24.3 Å². The van der Waals surface area contributed by atoms with Gasteiger partial charge in [0, 0.05) is 0 Å². The number of hydrogen-bond donors (Lipinski definition) is 0. The van der Waals surface area contributed by atoms with Gasteiger partial charge in [-0.3, -0.25) is 4.79 Å². The highest BCUT2D eigenvalue weighted by molar-refractivity contribution is 5.77. The molecule has 0 bridgehead atoms. The van der Waals surface area contributed by atoms with E-state index in [9.17, 15) is 4.79 Å². The van der Waals surface area contributed by atoms with Crippen LogP contribution in [0.25, 0.3) is 0 Å². The molecule has 144 valence electrons. The minimum Gasteiger partial charge on any atom is -0.465 e. The molecular weight excluding hydrogens is 308 g/mol. The molecule has 0 aromatic rings. The molecule has 0 spiro atoms. The highest BCUT2D eigenvalue weighted by atomic mass is 16.5. The third kappa shape index (κ3) is 12.9. The second kappa shape index (κ2) is 16.4. The molecule has 25 heavy (non-hydrogen) atoms. The van der Waals surface area contributed by atoms with Gasteiger partial charge in [0.25, 0.3) is 0 Å². The van der Waals surface area contributed by atoms with Crippen LogP contribution in [-0.2, 0) is 9.53 Å². The second-order valence-electron chi connectivity index (χ2n) is 7.41. The maximum atomic E-state index is 11.7. The number of carbonyl (C=O) groups excluding carboxylic acids is 1. The summed E-state index contributed by atoms with van der Waals surface area (Å²) in [5.41, 5.74) is 0. The molecule has 0 aromatic heterocycles. The van der Waals surface area contributed by atoms with Crippen molar-refractivity contribution < 1.29 is 9.53 Å². The number of rotatable bonds is 17. The van der Waals surface area contributed by atoms with Gasteiger partial charge < -0.3 is 4.74 Å². The van der Waals surface area contributed by atoms with Crippen molar-refractivity contribution in [3.63, 3.8) is 0 Å². The number of hydrogen-bond acceptors (Lipinski definition) is 2. The molecule has 0 N–H and O–H groups in total. The summed E-state index contributed by atoms with van der Waals surface area (Å²) in [4.78, 5) is 11.7. The summed E-state index contributed by atoms with van der Waals surface area (Å²) in [7, 11) is 0. The zero-order valence-electron chi connectivity index (χ0n) is 16.5. The number of esters is 1. The van der Waals surface area contributed by atoms with E-state index in [4.69, 9.17) is 4.74 Å². The number of allylic oxidation sites excluding steroid dienone is 2. The summed E-state index contributed by atoms with van der Waals surface area (Å²) in [6.07, 6.45) is 27.9. The second-order valence-corrected chi connectivity index (χ2v) is 7.41. The van der Waals surface area contributed by atoms with Crippen molar-refractivity contribution in [1.29, 1.82) is 0 Å². The fourth-order valence-electron chi connectivity index (χ4n) is 3.33. The molecule has 0 heterocycles. The predicted octanol–water partition coefficient (Wildman–Crippen LogP) is 7.14. The lowest BCUT2D eigenvalue weighted by atomic mass is 10.0. The normalized spacial score (nSPS) is 13.6. The average Bonchev–Trinajstić information content (AvgIpc) is 3.16. The molecule has 2 nitrogen and oxygen atoms in total. The van der Waals surface area contributed by atoms with E-state index in [1.807, 2.05) is 24.3 Å². The van der Waals surface area contributed by atoms with E-state index < -0.39 is 0 Å². The Kier molecular flexibility index (Phi) is 14.4. The van der Waals surface area contributed by atoms with Crippen molar-refractivity contribution in [1.82, 2.24) is 0 Å². The van der Waals surface area contributed by atoms with Crippen LogP contribution >= 0.6 is 0 Å². The van der Waals surface area contributed by atoms with Gasteiger partial charge in [-0.25, -0.2) is 0 Å². The smallest absolute Gasteiger partial charge is 0.316 e. The monoisotopic (exact) mass is 348 g/mol. The summed E-state index contributed by atoms with van der Waals surface area (Å²) >= 11 is 0. The van der Waals surface area contributed by atoms with Crippen LogP contribution in [0, 0.1) is 5.92 Å². The van der Waals surface area contributed by atoms with Crippen molar-refractivity contribution in [2.75, 3.05) is 6.61 Å². The predicted molar refractivity (Wildman–Crippen MR) is 108 cm³/mol. The van der Waals surface area contributed by atoms with Crippen LogP contribution in [0.1, 0.15) is 103 Å². The number of ether oxygens (including phenoxy) is 1. The molecule has 1 aliphatic carbocycles. The third-order valence-corrected chi connectivity index (χ3v) is 5.01. The summed E-state index contributed by atoms with van der Waals surface area (Å²) in [5.74, 6) is -0.244. The van der Waals surface area contributed by atoms with Gasteiger partial charge in [0.1, 0.15) is 0 Å². The molecule has 0 atom stereocenters. The third-order valence-electron chi connectivity index (χ3n) is 5.01. The molecule has 1 rings (SSSR count). The van der Waals surface area contributed by atoms with E-state index in [2.05, 4.69) is 6.92 Å². The van der Waals surface area contributed by atoms with E-state index in [1.54, 1.807) is 0 Å². The molecule has 0 fully saturated rings. The van der Waals surface area contributed by atoms with Crippen molar-refractivity contribution >= 4 is 5.97 Å². The molecule has 0 aliphatic heterocycles. The highest BCUT2D eigenvalue weighted by Crippen LogP contribution is 2.14. The molecule has 0 amide bonds. The van der Waals surface area contributed by atoms with Crippen LogP contribution in [0.4, 0.5) is 0 Å². The molecule has 0 aromatic carbocycles. The maximum Gasteiger partial charge on any atom is 0.316 e. The number of carbonyl (C=O) groups is 1. The Morgan fingerprint density at radius 2 is 1.08 bits per heavy atom. The van der Waals surface area contributed by atoms with E-state index in [-0.39, 0.29) is 11.9 Å². The van der Waals surface area contributed by atoms with Crippen LogP contribution in [-0.4, -0.2) is 12.6 Å². The Labute approximate surface area is 156 Å². The number of unbranched alkanes of at least 4 members (excludes halogenated alkanes) is 14. The Hall–Kier alpha value is -1.05. The minimum absolute atomic E-state index is 0.102. The first-order valence-corrected chi connectivity index (χ1v) is 10.9. The summed E-state index contributed by atoms with van der Waals surface area (Å²) in [6.45, 7) is 2.86. The first-order chi connectivity index (χ1) is 12.3. The van der Waals surface area contributed by atoms with Gasteiger partial charge in [0.05, 0.1) is 12.5 Å². The van der Waals surface area contributed by atoms with E-state index in [1.165, 1.54) is 89.9 Å². The van der Waals surface area contributed by atoms with Crippen molar-refractivity contribution in [2.24, 2.45) is 5.92 Å². The topological polar surface area (TPSA) is 26.3 Å². The van der Waals surface area contributed by atoms with Crippen LogP contribution in [0.15, 0.2) is 24.3 Å². The molecular formula is C23H40O2. The zero-order chi connectivity index (χ0) is 18.0. The van der Waals surface area contributed by atoms with Gasteiger partial charge in [-0.1, -0.05) is 121 Å². The van der Waals surface area contributed by atoms with Crippen LogP contribution in [0.2, 0.25) is 0 Å². The van der Waals surface area contributed by atoms with Gasteiger partial charge in [0.15, 0.2) is 0 Å². The lowest BCUT2D eigenvalue weighted by molar-refractivity contribution is -0.145. The standard InChI is InChI=1S/C23H40O2/c1-2-3-4-5-6-7-8-9-10-11-12-13-14-15-18-21-25-23(24)22-19-16-17-20-22/h16-17,19-20,22H,2-15,18,21H2,1H3. The van der Waals surface area contributed by atoms with Crippen LogP contribution < -0.4 is 0 Å². The lowest BCUT2D eigenvalue weighted by Crippen LogP contribution is -2.13. The summed E-state index contributed by atoms with van der Waals surface area (Å²) < 4.78 is 5.30. The first kappa shape index (κ1) is 22.0. The van der Waals surface area contributed by atoms with Gasteiger partial charge in [-0.05, 0) is 6.42 Å². The molecule has 0 saturated heterocycles. The van der Waals surface area contributed by atoms with Crippen LogP contribution in [0.3, 0.4) is 0 Å². The van der Waals surface area contributed by atoms with E-state index in [0.29, 0.717) is 6.61 Å². The van der Waals surface area contributed by atoms with Gasteiger partial charge in [-0.15, -0.1) is 0 Å². The molecule has 0 saturated carbocycles. The molecule has 0 radical (unpaired) electrons. The minimum atomic E-state index is -0.142. The molecule has 2 heteroatoms. The first-order valence-electron chi connectivity index (χ1n) is 10.9. The van der Waals surface area contributed by atoms with Crippen molar-refractivity contribution in [2.45, 2.75) is 103 Å².